The Labute approximate surface area is 217 Å². The van der Waals surface area contributed by atoms with E-state index >= 15 is 0 Å². The van der Waals surface area contributed by atoms with Crippen molar-refractivity contribution < 1.29 is 28.7 Å². The number of hydrogen-bond acceptors (Lipinski definition) is 7. The summed E-state index contributed by atoms with van der Waals surface area (Å²) in [5.41, 5.74) is 6.06. The molecule has 0 radical (unpaired) electrons. The number of rotatable bonds is 6. The van der Waals surface area contributed by atoms with Gasteiger partial charge in [-0.25, -0.2) is 9.69 Å². The van der Waals surface area contributed by atoms with Gasteiger partial charge in [0.05, 0.1) is 35.4 Å². The zero-order valence-corrected chi connectivity index (χ0v) is 20.9. The Kier molecular flexibility index (Phi) is 6.04. The number of fused-ring (bicyclic) bond motifs is 4. The van der Waals surface area contributed by atoms with Gasteiger partial charge < -0.3 is 15.8 Å². The summed E-state index contributed by atoms with van der Waals surface area (Å²) in [4.78, 5) is 66.0. The number of imide groups is 1. The van der Waals surface area contributed by atoms with E-state index in [1.54, 1.807) is 26.0 Å². The third-order valence-corrected chi connectivity index (χ3v) is 7.83. The molecule has 10 nitrogen and oxygen atoms in total. The van der Waals surface area contributed by atoms with E-state index in [0.29, 0.717) is 21.8 Å². The average molecular weight is 525 g/mol. The minimum Gasteiger partial charge on any atom is -0.462 e. The number of primary amides is 1. The van der Waals surface area contributed by atoms with Crippen LogP contribution in [-0.4, -0.2) is 42.2 Å². The zero-order valence-electron chi connectivity index (χ0n) is 20.2. The predicted octanol–water partition coefficient (Wildman–Crippen LogP) is 2.02. The molecule has 4 atom stereocenters. The van der Waals surface area contributed by atoms with E-state index in [9.17, 15) is 24.0 Å². The van der Waals surface area contributed by atoms with Crippen LogP contribution in [0.1, 0.15) is 41.3 Å². The highest BCUT2D eigenvalue weighted by Gasteiger charge is 2.70. The first-order valence-corrected chi connectivity index (χ1v) is 12.3. The molecule has 192 valence electrons. The highest BCUT2D eigenvalue weighted by atomic mass is 35.5. The number of hydrogen-bond donors (Lipinski definition) is 3. The fraction of sp³-hybridized carbons (Fsp3) is 0.346. The second kappa shape index (κ2) is 8.97. The van der Waals surface area contributed by atoms with Crippen molar-refractivity contribution in [2.75, 3.05) is 16.8 Å². The van der Waals surface area contributed by atoms with Crippen LogP contribution in [0.4, 0.5) is 11.4 Å². The molecule has 3 aliphatic heterocycles. The van der Waals surface area contributed by atoms with Gasteiger partial charge >= 0.3 is 5.97 Å². The lowest BCUT2D eigenvalue weighted by Crippen LogP contribution is -2.53. The maximum absolute atomic E-state index is 13.9. The fourth-order valence-corrected chi connectivity index (χ4v) is 5.91. The van der Waals surface area contributed by atoms with Gasteiger partial charge in [-0.2, -0.15) is 0 Å². The summed E-state index contributed by atoms with van der Waals surface area (Å²) < 4.78 is 5.00. The Morgan fingerprint density at radius 3 is 2.46 bits per heavy atom. The molecule has 2 aromatic carbocycles. The van der Waals surface area contributed by atoms with Gasteiger partial charge in [-0.3, -0.25) is 24.5 Å². The van der Waals surface area contributed by atoms with Crippen molar-refractivity contribution in [1.82, 2.24) is 5.32 Å². The van der Waals surface area contributed by atoms with Crippen molar-refractivity contribution >= 4 is 52.6 Å². The molecule has 2 fully saturated rings. The molecule has 4 amide bonds. The molecule has 3 heterocycles. The Morgan fingerprint density at radius 2 is 1.81 bits per heavy atom. The van der Waals surface area contributed by atoms with Crippen molar-refractivity contribution in [2.45, 2.75) is 38.3 Å². The second-order valence-electron chi connectivity index (χ2n) is 9.40. The minimum atomic E-state index is -1.52. The lowest BCUT2D eigenvalue weighted by Gasteiger charge is -2.29. The summed E-state index contributed by atoms with van der Waals surface area (Å²) in [5, 5.41) is 6.56. The van der Waals surface area contributed by atoms with Gasteiger partial charge in [-0.15, -0.1) is 0 Å². The summed E-state index contributed by atoms with van der Waals surface area (Å²) in [6, 6.07) is 8.61. The number of nitrogens with zero attached hydrogens (tertiary/aromatic N) is 1. The van der Waals surface area contributed by atoms with Crippen LogP contribution in [0.5, 0.6) is 0 Å². The Morgan fingerprint density at radius 1 is 1.11 bits per heavy atom. The first-order chi connectivity index (χ1) is 17.6. The van der Waals surface area contributed by atoms with Crippen molar-refractivity contribution in [3.05, 3.63) is 58.1 Å². The molecule has 0 unspecified atom stereocenters. The lowest BCUT2D eigenvalue weighted by atomic mass is 9.76. The van der Waals surface area contributed by atoms with Crippen molar-refractivity contribution in [2.24, 2.45) is 17.6 Å². The minimum absolute atomic E-state index is 0.0270. The highest BCUT2D eigenvalue weighted by molar-refractivity contribution is 6.32. The van der Waals surface area contributed by atoms with Crippen molar-refractivity contribution in [3.8, 4) is 0 Å². The number of benzene rings is 2. The number of amides is 4. The summed E-state index contributed by atoms with van der Waals surface area (Å²) in [6.45, 7) is 3.66. The molecule has 4 N–H and O–H groups in total. The van der Waals surface area contributed by atoms with Crippen LogP contribution >= 0.6 is 11.6 Å². The van der Waals surface area contributed by atoms with E-state index in [-0.39, 0.29) is 30.7 Å². The molecule has 2 aromatic rings. The smallest absolute Gasteiger partial charge is 0.338 e. The van der Waals surface area contributed by atoms with Crippen LogP contribution in [0.25, 0.3) is 0 Å². The van der Waals surface area contributed by atoms with Gasteiger partial charge in [-0.1, -0.05) is 17.7 Å². The Hall–Kier alpha value is -3.76. The number of carbonyl (C=O) groups is 5. The molecule has 2 saturated heterocycles. The van der Waals surface area contributed by atoms with E-state index in [1.165, 1.54) is 24.3 Å². The molecule has 0 bridgehead atoms. The van der Waals surface area contributed by atoms with Gasteiger partial charge in [0, 0.05) is 23.0 Å². The fourth-order valence-electron chi connectivity index (χ4n) is 5.75. The van der Waals surface area contributed by atoms with Gasteiger partial charge in [0.25, 0.3) is 0 Å². The molecule has 37 heavy (non-hydrogen) atoms. The molecule has 0 saturated carbocycles. The lowest BCUT2D eigenvalue weighted by molar-refractivity contribution is -0.130. The summed E-state index contributed by atoms with van der Waals surface area (Å²) >= 11 is 6.28. The number of nitrogens with two attached hydrogens (primary N) is 1. The van der Waals surface area contributed by atoms with E-state index in [0.717, 1.165) is 4.90 Å². The maximum atomic E-state index is 13.9. The number of esters is 1. The predicted molar refractivity (Wildman–Crippen MR) is 134 cm³/mol. The van der Waals surface area contributed by atoms with Crippen LogP contribution in [-0.2, 0) is 29.5 Å². The molecule has 1 spiro atoms. The monoisotopic (exact) mass is 524 g/mol. The van der Waals surface area contributed by atoms with Crippen LogP contribution in [0.3, 0.4) is 0 Å². The van der Waals surface area contributed by atoms with Crippen molar-refractivity contribution in [3.63, 3.8) is 0 Å². The van der Waals surface area contributed by atoms with Gasteiger partial charge in [-0.05, 0) is 56.2 Å². The molecular weight excluding hydrogens is 500 g/mol. The number of anilines is 2. The number of ether oxygens (including phenoxy) is 1. The van der Waals surface area contributed by atoms with Crippen LogP contribution in [0, 0.1) is 18.8 Å². The average Bonchev–Trinajstić information content (AvgIpc) is 3.45. The van der Waals surface area contributed by atoms with Gasteiger partial charge in [0.2, 0.25) is 23.6 Å². The number of nitrogens with one attached hydrogen (secondary N) is 2. The van der Waals surface area contributed by atoms with E-state index in [4.69, 9.17) is 22.1 Å². The third kappa shape index (κ3) is 3.62. The molecule has 5 rings (SSSR count). The van der Waals surface area contributed by atoms with Crippen LogP contribution in [0.2, 0.25) is 5.02 Å². The molecule has 0 aromatic heterocycles. The summed E-state index contributed by atoms with van der Waals surface area (Å²) in [6.07, 6.45) is 0.142. The number of carbonyl (C=O) groups excluding carboxylic acids is 5. The van der Waals surface area contributed by atoms with E-state index < -0.39 is 53.0 Å². The van der Waals surface area contributed by atoms with Crippen LogP contribution in [0.15, 0.2) is 36.4 Å². The van der Waals surface area contributed by atoms with Gasteiger partial charge in [0.15, 0.2) is 0 Å². The van der Waals surface area contributed by atoms with E-state index in [2.05, 4.69) is 10.6 Å². The Bertz CT molecular complexity index is 1360. The quantitative estimate of drug-likeness (QED) is 0.386. The van der Waals surface area contributed by atoms with Crippen LogP contribution < -0.4 is 21.3 Å². The Balaban J connectivity index is 1.59. The van der Waals surface area contributed by atoms with Gasteiger partial charge in [0.1, 0.15) is 5.54 Å². The SMILES string of the molecule is CCOC(=O)c1ccc(N2C(=O)[C@@H]3[C@@H](C2=O)[C@]2(N[C@@H]3CCC(N)=O)C(=O)Nc3c2ccc(Cl)c3C)cc1. The standard InChI is InChI=1S/C26H25ClN4O6/c1-3-37-24(35)13-4-6-14(7-5-13)31-22(33)19-17(10-11-18(28)32)30-26(20(19)23(31)34)15-8-9-16(27)12(2)21(15)29-25(26)36/h4-9,17,19-20,30H,3,10-11H2,1-2H3,(H2,28,32)(H,29,36)/t17-,19+,20+,26+/m1/s1. The largest absolute Gasteiger partial charge is 0.462 e. The first-order valence-electron chi connectivity index (χ1n) is 11.9. The second-order valence-corrected chi connectivity index (χ2v) is 9.80. The third-order valence-electron chi connectivity index (χ3n) is 7.42. The maximum Gasteiger partial charge on any atom is 0.338 e. The topological polar surface area (TPSA) is 148 Å². The normalized spacial score (nSPS) is 25.9. The van der Waals surface area contributed by atoms with Crippen molar-refractivity contribution in [1.29, 1.82) is 0 Å². The van der Waals surface area contributed by atoms with E-state index in [1.807, 2.05) is 0 Å². The number of halogens is 1. The molecular formula is C26H25ClN4O6. The first kappa shape index (κ1) is 24.9. The summed E-state index contributed by atoms with van der Waals surface area (Å²) in [7, 11) is 0. The summed E-state index contributed by atoms with van der Waals surface area (Å²) in [5.74, 6) is -4.57. The highest BCUT2D eigenvalue weighted by Crippen LogP contribution is 2.55. The molecule has 0 aliphatic carbocycles. The molecule has 3 aliphatic rings. The zero-order chi connectivity index (χ0) is 26.6. The molecule has 11 heteroatoms.